The van der Waals surface area contributed by atoms with Gasteiger partial charge >= 0.3 is 0 Å². The molecular weight excluding hydrogens is 328 g/mol. The van der Waals surface area contributed by atoms with Crippen LogP contribution in [0.3, 0.4) is 0 Å². The highest BCUT2D eigenvalue weighted by molar-refractivity contribution is 6.30. The van der Waals surface area contributed by atoms with Gasteiger partial charge in [0.1, 0.15) is 16.8 Å². The second-order valence-corrected chi connectivity index (χ2v) is 5.95. The molecule has 1 amide bonds. The van der Waals surface area contributed by atoms with Gasteiger partial charge in [0.15, 0.2) is 0 Å². The van der Waals surface area contributed by atoms with E-state index in [4.69, 9.17) is 17.3 Å². The monoisotopic (exact) mass is 344 g/mol. The SMILES string of the molecule is Cn1cccn1.Nc1nc(Cl)cc2cc(NC(=O)C3CC3)ncc12. The molecule has 124 valence electrons. The minimum Gasteiger partial charge on any atom is -0.383 e. The Labute approximate surface area is 143 Å². The van der Waals surface area contributed by atoms with Crippen molar-refractivity contribution in [2.75, 3.05) is 11.1 Å². The molecule has 0 unspecified atom stereocenters. The van der Waals surface area contributed by atoms with E-state index in [9.17, 15) is 4.79 Å². The summed E-state index contributed by atoms with van der Waals surface area (Å²) in [5.41, 5.74) is 5.74. The molecule has 1 saturated carbocycles. The van der Waals surface area contributed by atoms with Crippen LogP contribution in [0.25, 0.3) is 10.8 Å². The minimum atomic E-state index is 0.0231. The summed E-state index contributed by atoms with van der Waals surface area (Å²) in [6.45, 7) is 0. The van der Waals surface area contributed by atoms with Gasteiger partial charge in [-0.3, -0.25) is 9.48 Å². The number of nitrogens with two attached hydrogens (primary N) is 1. The fourth-order valence-corrected chi connectivity index (χ4v) is 2.34. The third kappa shape index (κ3) is 3.99. The molecule has 0 aliphatic heterocycles. The Morgan fingerprint density at radius 2 is 2.21 bits per heavy atom. The van der Waals surface area contributed by atoms with Gasteiger partial charge in [-0.05, 0) is 36.4 Å². The lowest BCUT2D eigenvalue weighted by Gasteiger charge is -2.06. The van der Waals surface area contributed by atoms with E-state index in [0.29, 0.717) is 16.8 Å². The van der Waals surface area contributed by atoms with Crippen LogP contribution in [0.5, 0.6) is 0 Å². The number of amides is 1. The molecule has 0 aromatic carbocycles. The lowest BCUT2D eigenvalue weighted by Crippen LogP contribution is -2.14. The third-order valence-corrected chi connectivity index (χ3v) is 3.74. The second-order valence-electron chi connectivity index (χ2n) is 5.56. The molecule has 1 aliphatic rings. The number of halogens is 1. The molecule has 24 heavy (non-hydrogen) atoms. The molecule has 3 aromatic heterocycles. The molecule has 1 aliphatic carbocycles. The minimum absolute atomic E-state index is 0.0231. The summed E-state index contributed by atoms with van der Waals surface area (Å²) in [6, 6.07) is 5.33. The number of anilines is 2. The number of pyridine rings is 2. The summed E-state index contributed by atoms with van der Waals surface area (Å²) in [7, 11) is 1.89. The highest BCUT2D eigenvalue weighted by Crippen LogP contribution is 2.30. The predicted octanol–water partition coefficient (Wildman–Crippen LogP) is 2.63. The van der Waals surface area contributed by atoms with Crippen molar-refractivity contribution in [1.82, 2.24) is 19.7 Å². The van der Waals surface area contributed by atoms with Crippen molar-refractivity contribution in [2.24, 2.45) is 13.0 Å². The lowest BCUT2D eigenvalue weighted by atomic mass is 10.2. The van der Waals surface area contributed by atoms with Crippen molar-refractivity contribution in [1.29, 1.82) is 0 Å². The fourth-order valence-electron chi connectivity index (χ4n) is 2.13. The van der Waals surface area contributed by atoms with Crippen LogP contribution >= 0.6 is 11.6 Å². The van der Waals surface area contributed by atoms with Crippen LogP contribution in [0.1, 0.15) is 12.8 Å². The number of carbonyl (C=O) groups excluding carboxylic acids is 1. The number of carbonyl (C=O) groups is 1. The maximum Gasteiger partial charge on any atom is 0.228 e. The van der Waals surface area contributed by atoms with Gasteiger partial charge in [-0.25, -0.2) is 9.97 Å². The standard InChI is InChI=1S/C12H11ClN4O.C4H6N2/c13-9-3-7-4-10(17-12(18)6-1-2-6)15-5-8(7)11(14)16-9;1-6-4-2-3-5-6/h3-6H,1-2H2,(H2,14,16)(H,15,17,18);2-4H,1H3. The van der Waals surface area contributed by atoms with E-state index >= 15 is 0 Å². The van der Waals surface area contributed by atoms with Gasteiger partial charge in [-0.15, -0.1) is 0 Å². The van der Waals surface area contributed by atoms with Gasteiger partial charge in [0, 0.05) is 36.9 Å². The highest BCUT2D eigenvalue weighted by atomic mass is 35.5. The van der Waals surface area contributed by atoms with Gasteiger partial charge < -0.3 is 11.1 Å². The largest absolute Gasteiger partial charge is 0.383 e. The molecule has 3 N–H and O–H groups in total. The summed E-state index contributed by atoms with van der Waals surface area (Å²) >= 11 is 5.84. The zero-order valence-electron chi connectivity index (χ0n) is 13.1. The van der Waals surface area contributed by atoms with E-state index in [-0.39, 0.29) is 11.8 Å². The number of hydrogen-bond acceptors (Lipinski definition) is 5. The van der Waals surface area contributed by atoms with Crippen LogP contribution < -0.4 is 11.1 Å². The van der Waals surface area contributed by atoms with E-state index in [2.05, 4.69) is 20.4 Å². The Balaban J connectivity index is 0.000000238. The van der Waals surface area contributed by atoms with Crippen molar-refractivity contribution in [3.8, 4) is 0 Å². The number of aryl methyl sites for hydroxylation is 1. The zero-order chi connectivity index (χ0) is 17.1. The molecule has 3 heterocycles. The Morgan fingerprint density at radius 3 is 2.79 bits per heavy atom. The summed E-state index contributed by atoms with van der Waals surface area (Å²) in [4.78, 5) is 19.7. The average Bonchev–Trinajstić information content (AvgIpc) is 3.28. The zero-order valence-corrected chi connectivity index (χ0v) is 13.9. The fraction of sp³-hybridized carbons (Fsp3) is 0.250. The van der Waals surface area contributed by atoms with E-state index in [1.165, 1.54) is 0 Å². The van der Waals surface area contributed by atoms with Crippen LogP contribution in [-0.2, 0) is 11.8 Å². The van der Waals surface area contributed by atoms with Crippen LogP contribution in [0, 0.1) is 5.92 Å². The van der Waals surface area contributed by atoms with Crippen molar-refractivity contribution in [3.63, 3.8) is 0 Å². The van der Waals surface area contributed by atoms with Gasteiger partial charge in [0.05, 0.1) is 0 Å². The molecule has 3 aromatic rings. The summed E-state index contributed by atoms with van der Waals surface area (Å²) in [5, 5.41) is 8.48. The summed E-state index contributed by atoms with van der Waals surface area (Å²) in [6.07, 6.45) is 7.15. The molecule has 1 fully saturated rings. The summed E-state index contributed by atoms with van der Waals surface area (Å²) in [5.74, 6) is 1.02. The van der Waals surface area contributed by atoms with Crippen LogP contribution in [-0.4, -0.2) is 25.7 Å². The first-order valence-corrected chi connectivity index (χ1v) is 7.87. The number of nitrogen functional groups attached to an aromatic ring is 1. The van der Waals surface area contributed by atoms with Gasteiger partial charge in [-0.1, -0.05) is 11.6 Å². The first-order valence-electron chi connectivity index (χ1n) is 7.49. The molecule has 0 bridgehead atoms. The van der Waals surface area contributed by atoms with Gasteiger partial charge in [0.25, 0.3) is 0 Å². The van der Waals surface area contributed by atoms with Gasteiger partial charge in [-0.2, -0.15) is 5.10 Å². The topological polar surface area (TPSA) is 98.7 Å². The number of aromatic nitrogens is 4. The first kappa shape index (κ1) is 16.2. The quantitative estimate of drug-likeness (QED) is 0.696. The van der Waals surface area contributed by atoms with Crippen molar-refractivity contribution in [3.05, 3.63) is 41.9 Å². The number of nitrogens with zero attached hydrogens (tertiary/aromatic N) is 4. The van der Waals surface area contributed by atoms with E-state index < -0.39 is 0 Å². The number of rotatable bonds is 2. The first-order chi connectivity index (χ1) is 11.5. The van der Waals surface area contributed by atoms with Crippen molar-refractivity contribution >= 4 is 39.9 Å². The lowest BCUT2D eigenvalue weighted by molar-refractivity contribution is -0.117. The van der Waals surface area contributed by atoms with Crippen LogP contribution in [0.4, 0.5) is 11.6 Å². The molecule has 8 heteroatoms. The van der Waals surface area contributed by atoms with Crippen LogP contribution in [0.15, 0.2) is 36.8 Å². The average molecular weight is 345 g/mol. The molecule has 0 atom stereocenters. The predicted molar refractivity (Wildman–Crippen MR) is 93.5 cm³/mol. The molecule has 0 spiro atoms. The van der Waals surface area contributed by atoms with E-state index in [1.54, 1.807) is 29.2 Å². The van der Waals surface area contributed by atoms with Gasteiger partial charge in [0.2, 0.25) is 5.91 Å². The summed E-state index contributed by atoms with van der Waals surface area (Å²) < 4.78 is 1.75. The molecule has 4 rings (SSSR count). The molecule has 0 radical (unpaired) electrons. The molecule has 0 saturated heterocycles. The third-order valence-electron chi connectivity index (χ3n) is 3.55. The van der Waals surface area contributed by atoms with Crippen molar-refractivity contribution in [2.45, 2.75) is 12.8 Å². The smallest absolute Gasteiger partial charge is 0.228 e. The van der Waals surface area contributed by atoms with Crippen molar-refractivity contribution < 1.29 is 4.79 Å². The maximum atomic E-state index is 11.6. The Hall–Kier alpha value is -2.67. The number of nitrogens with one attached hydrogen (secondary N) is 1. The highest BCUT2D eigenvalue weighted by Gasteiger charge is 2.29. The normalized spacial score (nSPS) is 13.2. The second kappa shape index (κ2) is 6.84. The molecule has 7 nitrogen and oxygen atoms in total. The Kier molecular flexibility index (Phi) is 4.61. The molecular formula is C16H17ClN6O. The van der Waals surface area contributed by atoms with E-state index in [1.807, 2.05) is 19.3 Å². The number of fused-ring (bicyclic) bond motifs is 1. The number of hydrogen-bond donors (Lipinski definition) is 2. The maximum absolute atomic E-state index is 11.6. The van der Waals surface area contributed by atoms with Crippen LogP contribution in [0.2, 0.25) is 5.15 Å². The Morgan fingerprint density at radius 1 is 1.42 bits per heavy atom. The Bertz CT molecular complexity index is 860. The van der Waals surface area contributed by atoms with E-state index in [0.717, 1.165) is 23.6 Å².